The molecular weight excluding hydrogens is 188 g/mol. The molecule has 0 aliphatic carbocycles. The predicted molar refractivity (Wildman–Crippen MR) is 59.5 cm³/mol. The maximum Gasteiger partial charge on any atom is 0.225 e. The van der Waals surface area contributed by atoms with Crippen molar-refractivity contribution < 1.29 is 9.47 Å². The van der Waals surface area contributed by atoms with Crippen LogP contribution in [0.5, 0.6) is 0 Å². The largest absolute Gasteiger partial charge is 0.341 e. The second kappa shape index (κ2) is 3.32. The van der Waals surface area contributed by atoms with Gasteiger partial charge in [-0.3, -0.25) is 0 Å². The number of hydrogen-bond donors (Lipinski definition) is 0. The molecule has 0 amide bonds. The van der Waals surface area contributed by atoms with Crippen molar-refractivity contribution in [2.24, 2.45) is 0 Å². The molecule has 1 aliphatic rings. The molecule has 1 unspecified atom stereocenters. The Balaban J connectivity index is 2.31. The van der Waals surface area contributed by atoms with Gasteiger partial charge in [0.15, 0.2) is 0 Å². The highest BCUT2D eigenvalue weighted by Crippen LogP contribution is 2.56. The van der Waals surface area contributed by atoms with Gasteiger partial charge < -0.3 is 9.47 Å². The molecule has 15 heavy (non-hydrogen) atoms. The fourth-order valence-electron chi connectivity index (χ4n) is 1.96. The molecule has 1 aromatic rings. The number of epoxide rings is 1. The van der Waals surface area contributed by atoms with Crippen molar-refractivity contribution in [2.45, 2.75) is 45.2 Å². The molecule has 2 rings (SSSR count). The number of hydrogen-bond acceptors (Lipinski definition) is 2. The molecule has 0 N–H and O–H groups in total. The summed E-state index contributed by atoms with van der Waals surface area (Å²) in [5.74, 6) is -0.539. The van der Waals surface area contributed by atoms with E-state index in [0.29, 0.717) is 0 Å². The van der Waals surface area contributed by atoms with Crippen molar-refractivity contribution in [3.8, 4) is 0 Å². The van der Waals surface area contributed by atoms with E-state index in [9.17, 15) is 0 Å². The molecule has 0 aromatic heterocycles. The van der Waals surface area contributed by atoms with Crippen LogP contribution in [0.3, 0.4) is 0 Å². The second-order valence-electron chi connectivity index (χ2n) is 4.76. The molecule has 2 heteroatoms. The first kappa shape index (κ1) is 10.7. The van der Waals surface area contributed by atoms with E-state index in [1.54, 1.807) is 0 Å². The molecular formula is C13H18O2. The van der Waals surface area contributed by atoms with Gasteiger partial charge in [-0.05, 0) is 27.7 Å². The van der Waals surface area contributed by atoms with Crippen LogP contribution < -0.4 is 0 Å². The van der Waals surface area contributed by atoms with E-state index in [0.717, 1.165) is 5.56 Å². The van der Waals surface area contributed by atoms with Crippen molar-refractivity contribution in [2.75, 3.05) is 0 Å². The number of ether oxygens (including phenoxy) is 2. The van der Waals surface area contributed by atoms with Crippen LogP contribution in [0.1, 0.15) is 33.3 Å². The maximum absolute atomic E-state index is 5.93. The van der Waals surface area contributed by atoms with Crippen LogP contribution in [0.15, 0.2) is 30.3 Å². The Morgan fingerprint density at radius 3 is 2.07 bits per heavy atom. The minimum atomic E-state index is -0.539. The average molecular weight is 206 g/mol. The van der Waals surface area contributed by atoms with Crippen LogP contribution in [0.25, 0.3) is 0 Å². The summed E-state index contributed by atoms with van der Waals surface area (Å²) < 4.78 is 11.7. The summed E-state index contributed by atoms with van der Waals surface area (Å²) >= 11 is 0. The summed E-state index contributed by atoms with van der Waals surface area (Å²) in [7, 11) is 0. The molecule has 0 radical (unpaired) electrons. The zero-order valence-corrected chi connectivity index (χ0v) is 9.78. The van der Waals surface area contributed by atoms with Crippen LogP contribution in [-0.4, -0.2) is 11.7 Å². The SMILES string of the molecule is CC(C)OC1(c2ccccc2)OC1(C)C. The summed E-state index contributed by atoms with van der Waals surface area (Å²) in [6, 6.07) is 10.1. The van der Waals surface area contributed by atoms with Gasteiger partial charge in [0, 0.05) is 5.56 Å². The number of rotatable bonds is 3. The topological polar surface area (TPSA) is 21.8 Å². The monoisotopic (exact) mass is 206 g/mol. The van der Waals surface area contributed by atoms with Gasteiger partial charge in [0.05, 0.1) is 6.10 Å². The first-order valence-electron chi connectivity index (χ1n) is 5.41. The summed E-state index contributed by atoms with van der Waals surface area (Å²) in [5.41, 5.74) is 0.877. The highest BCUT2D eigenvalue weighted by Gasteiger charge is 2.67. The normalized spacial score (nSPS) is 28.1. The van der Waals surface area contributed by atoms with Crippen molar-refractivity contribution in [3.05, 3.63) is 35.9 Å². The smallest absolute Gasteiger partial charge is 0.225 e. The molecule has 1 fully saturated rings. The third kappa shape index (κ3) is 1.68. The molecule has 82 valence electrons. The van der Waals surface area contributed by atoms with Crippen LogP contribution in [0, 0.1) is 0 Å². The van der Waals surface area contributed by atoms with Gasteiger partial charge in [0.25, 0.3) is 0 Å². The van der Waals surface area contributed by atoms with E-state index < -0.39 is 5.79 Å². The summed E-state index contributed by atoms with van der Waals surface area (Å²) in [5, 5.41) is 0. The van der Waals surface area contributed by atoms with Gasteiger partial charge in [0.1, 0.15) is 5.60 Å². The Morgan fingerprint density at radius 2 is 1.67 bits per heavy atom. The molecule has 0 saturated carbocycles. The van der Waals surface area contributed by atoms with E-state index in [4.69, 9.17) is 9.47 Å². The lowest BCUT2D eigenvalue weighted by Crippen LogP contribution is -2.25. The summed E-state index contributed by atoms with van der Waals surface area (Å²) in [4.78, 5) is 0. The summed E-state index contributed by atoms with van der Waals surface area (Å²) in [6.45, 7) is 8.18. The Labute approximate surface area is 91.2 Å². The zero-order chi connectivity index (χ0) is 11.1. The Kier molecular flexibility index (Phi) is 2.36. The van der Waals surface area contributed by atoms with Crippen molar-refractivity contribution in [1.82, 2.24) is 0 Å². The fraction of sp³-hybridized carbons (Fsp3) is 0.538. The highest BCUT2D eigenvalue weighted by molar-refractivity contribution is 5.29. The van der Waals surface area contributed by atoms with Gasteiger partial charge in [-0.2, -0.15) is 0 Å². The van der Waals surface area contributed by atoms with Crippen LogP contribution in [0.2, 0.25) is 0 Å². The molecule has 1 aliphatic heterocycles. The van der Waals surface area contributed by atoms with Crippen molar-refractivity contribution in [3.63, 3.8) is 0 Å². The van der Waals surface area contributed by atoms with Crippen LogP contribution in [0.4, 0.5) is 0 Å². The fourth-order valence-corrected chi connectivity index (χ4v) is 1.96. The predicted octanol–water partition coefficient (Wildman–Crippen LogP) is 3.07. The second-order valence-corrected chi connectivity index (χ2v) is 4.76. The van der Waals surface area contributed by atoms with Gasteiger partial charge in [-0.15, -0.1) is 0 Å². The van der Waals surface area contributed by atoms with Crippen LogP contribution >= 0.6 is 0 Å². The lowest BCUT2D eigenvalue weighted by atomic mass is 9.99. The molecule has 2 nitrogen and oxygen atoms in total. The maximum atomic E-state index is 5.93. The lowest BCUT2D eigenvalue weighted by Gasteiger charge is -2.19. The molecule has 0 bridgehead atoms. The number of benzene rings is 1. The highest BCUT2D eigenvalue weighted by atomic mass is 16.8. The van der Waals surface area contributed by atoms with Gasteiger partial charge in [-0.25, -0.2) is 0 Å². The minimum absolute atomic E-state index is 0.159. The van der Waals surface area contributed by atoms with Crippen LogP contribution in [-0.2, 0) is 15.3 Å². The van der Waals surface area contributed by atoms with Gasteiger partial charge in [0.2, 0.25) is 5.79 Å². The molecule has 1 aromatic carbocycles. The van der Waals surface area contributed by atoms with Crippen molar-refractivity contribution in [1.29, 1.82) is 0 Å². The van der Waals surface area contributed by atoms with Gasteiger partial charge >= 0.3 is 0 Å². The van der Waals surface area contributed by atoms with E-state index in [1.807, 2.05) is 32.0 Å². The summed E-state index contributed by atoms with van der Waals surface area (Å²) in [6.07, 6.45) is 0.159. The quantitative estimate of drug-likeness (QED) is 0.709. The Bertz CT molecular complexity index is 343. The van der Waals surface area contributed by atoms with E-state index in [-0.39, 0.29) is 11.7 Å². The molecule has 1 atom stereocenters. The Morgan fingerprint density at radius 1 is 1.13 bits per heavy atom. The molecule has 0 spiro atoms. The minimum Gasteiger partial charge on any atom is -0.341 e. The Hall–Kier alpha value is -0.860. The van der Waals surface area contributed by atoms with Gasteiger partial charge in [-0.1, -0.05) is 30.3 Å². The third-order valence-corrected chi connectivity index (χ3v) is 2.71. The van der Waals surface area contributed by atoms with E-state index >= 15 is 0 Å². The van der Waals surface area contributed by atoms with E-state index in [2.05, 4.69) is 26.0 Å². The lowest BCUT2D eigenvalue weighted by molar-refractivity contribution is -0.0828. The standard InChI is InChI=1S/C13H18O2/c1-10(2)14-13(12(3,4)15-13)11-8-6-5-7-9-11/h5-10H,1-4H3. The molecule has 1 heterocycles. The average Bonchev–Trinajstić information content (AvgIpc) is 2.70. The first-order chi connectivity index (χ1) is 6.98. The van der Waals surface area contributed by atoms with Crippen molar-refractivity contribution >= 4 is 0 Å². The first-order valence-corrected chi connectivity index (χ1v) is 5.41. The third-order valence-electron chi connectivity index (χ3n) is 2.71. The van der Waals surface area contributed by atoms with E-state index in [1.165, 1.54) is 0 Å². The molecule has 1 saturated heterocycles. The zero-order valence-electron chi connectivity index (χ0n) is 9.78.